The van der Waals surface area contributed by atoms with E-state index in [-0.39, 0.29) is 11.7 Å². The van der Waals surface area contributed by atoms with Crippen molar-refractivity contribution in [3.63, 3.8) is 0 Å². The molecule has 130 valence electrons. The highest BCUT2D eigenvalue weighted by Crippen LogP contribution is 2.31. The Hall–Kier alpha value is -1.32. The SMILES string of the molecule is C=CCOCC(CC(CC)(CCC)Oc1ccccc1)OCC. The molecule has 0 spiro atoms. The summed E-state index contributed by atoms with van der Waals surface area (Å²) in [7, 11) is 0. The third-order valence-corrected chi connectivity index (χ3v) is 3.97. The average molecular weight is 320 g/mol. The van der Waals surface area contributed by atoms with Gasteiger partial charge in [-0.2, -0.15) is 0 Å². The Morgan fingerprint density at radius 1 is 1.17 bits per heavy atom. The van der Waals surface area contributed by atoms with Crippen LogP contribution in [-0.2, 0) is 9.47 Å². The first-order valence-corrected chi connectivity index (χ1v) is 8.74. The summed E-state index contributed by atoms with van der Waals surface area (Å²) >= 11 is 0. The third kappa shape index (κ3) is 7.19. The van der Waals surface area contributed by atoms with Gasteiger partial charge in [-0.1, -0.05) is 44.5 Å². The van der Waals surface area contributed by atoms with Gasteiger partial charge < -0.3 is 14.2 Å². The first kappa shape index (κ1) is 19.7. The molecular weight excluding hydrogens is 288 g/mol. The Morgan fingerprint density at radius 2 is 1.91 bits per heavy atom. The van der Waals surface area contributed by atoms with Crippen LogP contribution >= 0.6 is 0 Å². The second-order valence-corrected chi connectivity index (χ2v) is 5.81. The molecule has 0 saturated heterocycles. The smallest absolute Gasteiger partial charge is 0.120 e. The minimum absolute atomic E-state index is 0.0372. The number of hydrogen-bond donors (Lipinski definition) is 0. The van der Waals surface area contributed by atoms with Crippen molar-refractivity contribution in [2.45, 2.75) is 58.2 Å². The van der Waals surface area contributed by atoms with E-state index in [1.54, 1.807) is 6.08 Å². The topological polar surface area (TPSA) is 27.7 Å². The van der Waals surface area contributed by atoms with Crippen LogP contribution in [0.15, 0.2) is 43.0 Å². The molecular formula is C20H32O3. The van der Waals surface area contributed by atoms with E-state index < -0.39 is 0 Å². The van der Waals surface area contributed by atoms with Crippen molar-refractivity contribution in [2.75, 3.05) is 19.8 Å². The predicted octanol–water partition coefficient (Wildman–Crippen LogP) is 5.01. The van der Waals surface area contributed by atoms with Crippen LogP contribution in [-0.4, -0.2) is 31.5 Å². The zero-order valence-corrected chi connectivity index (χ0v) is 14.9. The van der Waals surface area contributed by atoms with Crippen LogP contribution in [0.3, 0.4) is 0 Å². The molecule has 0 aromatic heterocycles. The van der Waals surface area contributed by atoms with Gasteiger partial charge in [0, 0.05) is 13.0 Å². The van der Waals surface area contributed by atoms with Crippen LogP contribution in [0.25, 0.3) is 0 Å². The molecule has 1 aromatic carbocycles. The minimum Gasteiger partial charge on any atom is -0.487 e. The summed E-state index contributed by atoms with van der Waals surface area (Å²) in [6, 6.07) is 10.1. The second-order valence-electron chi connectivity index (χ2n) is 5.81. The van der Waals surface area contributed by atoms with Gasteiger partial charge in [0.1, 0.15) is 11.4 Å². The molecule has 0 saturated carbocycles. The van der Waals surface area contributed by atoms with Gasteiger partial charge in [0.2, 0.25) is 0 Å². The molecule has 0 amide bonds. The van der Waals surface area contributed by atoms with Gasteiger partial charge in [-0.15, -0.1) is 6.58 Å². The summed E-state index contributed by atoms with van der Waals surface area (Å²) in [5, 5.41) is 0. The van der Waals surface area contributed by atoms with Crippen molar-refractivity contribution < 1.29 is 14.2 Å². The molecule has 3 heteroatoms. The molecule has 2 unspecified atom stereocenters. The van der Waals surface area contributed by atoms with Crippen molar-refractivity contribution in [3.8, 4) is 5.75 Å². The Kier molecular flexibility index (Phi) is 9.65. The van der Waals surface area contributed by atoms with Crippen LogP contribution in [0.2, 0.25) is 0 Å². The summed E-state index contributed by atoms with van der Waals surface area (Å²) in [4.78, 5) is 0. The van der Waals surface area contributed by atoms with Crippen molar-refractivity contribution in [1.82, 2.24) is 0 Å². The quantitative estimate of drug-likeness (QED) is 0.377. The fraction of sp³-hybridized carbons (Fsp3) is 0.600. The first-order chi connectivity index (χ1) is 11.2. The van der Waals surface area contributed by atoms with Gasteiger partial charge in [0.05, 0.1) is 19.3 Å². The maximum Gasteiger partial charge on any atom is 0.120 e. The van der Waals surface area contributed by atoms with E-state index in [4.69, 9.17) is 14.2 Å². The average Bonchev–Trinajstić information content (AvgIpc) is 2.56. The van der Waals surface area contributed by atoms with E-state index >= 15 is 0 Å². The van der Waals surface area contributed by atoms with E-state index in [0.717, 1.165) is 31.4 Å². The minimum atomic E-state index is -0.215. The highest BCUT2D eigenvalue weighted by Gasteiger charge is 2.33. The van der Waals surface area contributed by atoms with Crippen LogP contribution in [0.4, 0.5) is 0 Å². The maximum absolute atomic E-state index is 6.42. The maximum atomic E-state index is 6.42. The number of ether oxygens (including phenoxy) is 3. The number of para-hydroxylation sites is 1. The molecule has 1 rings (SSSR count). The molecule has 0 fully saturated rings. The molecule has 0 bridgehead atoms. The molecule has 23 heavy (non-hydrogen) atoms. The molecule has 1 aromatic rings. The molecule has 0 aliphatic rings. The van der Waals surface area contributed by atoms with Crippen LogP contribution in [0.5, 0.6) is 5.75 Å². The second kappa shape index (κ2) is 11.3. The zero-order chi connectivity index (χ0) is 17.0. The van der Waals surface area contributed by atoms with E-state index in [1.165, 1.54) is 0 Å². The Morgan fingerprint density at radius 3 is 2.48 bits per heavy atom. The Bertz CT molecular complexity index is 418. The number of hydrogen-bond acceptors (Lipinski definition) is 3. The summed E-state index contributed by atoms with van der Waals surface area (Å²) in [6.45, 7) is 11.9. The molecule has 0 N–H and O–H groups in total. The molecule has 0 aliphatic heterocycles. The fourth-order valence-corrected chi connectivity index (χ4v) is 2.88. The van der Waals surface area contributed by atoms with Gasteiger partial charge in [-0.3, -0.25) is 0 Å². The van der Waals surface area contributed by atoms with Crippen LogP contribution < -0.4 is 4.74 Å². The molecule has 0 heterocycles. The molecule has 0 radical (unpaired) electrons. The van der Waals surface area contributed by atoms with Gasteiger partial charge in [-0.05, 0) is 31.9 Å². The van der Waals surface area contributed by atoms with Gasteiger partial charge in [0.25, 0.3) is 0 Å². The van der Waals surface area contributed by atoms with Gasteiger partial charge in [-0.25, -0.2) is 0 Å². The summed E-state index contributed by atoms with van der Waals surface area (Å²) in [5.74, 6) is 0.921. The lowest BCUT2D eigenvalue weighted by molar-refractivity contribution is -0.0595. The van der Waals surface area contributed by atoms with E-state index in [1.807, 2.05) is 37.3 Å². The normalized spacial score (nSPS) is 14.9. The van der Waals surface area contributed by atoms with E-state index in [0.29, 0.717) is 19.8 Å². The summed E-state index contributed by atoms with van der Waals surface area (Å²) in [5.41, 5.74) is -0.215. The molecule has 0 aliphatic carbocycles. The van der Waals surface area contributed by atoms with E-state index in [9.17, 15) is 0 Å². The van der Waals surface area contributed by atoms with Crippen LogP contribution in [0, 0.1) is 0 Å². The number of benzene rings is 1. The predicted molar refractivity (Wildman–Crippen MR) is 96.0 cm³/mol. The summed E-state index contributed by atoms with van der Waals surface area (Å²) in [6.07, 6.45) is 5.66. The van der Waals surface area contributed by atoms with E-state index in [2.05, 4.69) is 20.4 Å². The standard InChI is InChI=1S/C20H32O3/c1-5-14-20(7-3,23-18-12-10-9-11-13-18)16-19(22-8-4)17-21-15-6-2/h6,9-13,19H,2,5,7-8,14-17H2,1,3-4H3. The van der Waals surface area contributed by atoms with Crippen molar-refractivity contribution >= 4 is 0 Å². The van der Waals surface area contributed by atoms with Crippen molar-refractivity contribution in [2.24, 2.45) is 0 Å². The number of rotatable bonds is 13. The first-order valence-electron chi connectivity index (χ1n) is 8.74. The third-order valence-electron chi connectivity index (χ3n) is 3.97. The molecule has 3 nitrogen and oxygen atoms in total. The lowest BCUT2D eigenvalue weighted by Gasteiger charge is -2.36. The van der Waals surface area contributed by atoms with Gasteiger partial charge >= 0.3 is 0 Å². The fourth-order valence-electron chi connectivity index (χ4n) is 2.88. The highest BCUT2D eigenvalue weighted by molar-refractivity contribution is 5.22. The van der Waals surface area contributed by atoms with Crippen molar-refractivity contribution in [3.05, 3.63) is 43.0 Å². The van der Waals surface area contributed by atoms with Gasteiger partial charge in [0.15, 0.2) is 0 Å². The monoisotopic (exact) mass is 320 g/mol. The highest BCUT2D eigenvalue weighted by atomic mass is 16.5. The van der Waals surface area contributed by atoms with Crippen molar-refractivity contribution in [1.29, 1.82) is 0 Å². The Balaban J connectivity index is 2.82. The summed E-state index contributed by atoms with van der Waals surface area (Å²) < 4.78 is 17.9. The Labute approximate surface area is 141 Å². The largest absolute Gasteiger partial charge is 0.487 e. The lowest BCUT2D eigenvalue weighted by Crippen LogP contribution is -2.41. The van der Waals surface area contributed by atoms with Crippen LogP contribution in [0.1, 0.15) is 46.5 Å². The lowest BCUT2D eigenvalue weighted by atomic mass is 9.88. The zero-order valence-electron chi connectivity index (χ0n) is 14.9. The molecule has 2 atom stereocenters.